The summed E-state index contributed by atoms with van der Waals surface area (Å²) < 4.78 is 0. The van der Waals surface area contributed by atoms with Crippen LogP contribution in [0.25, 0.3) is 0 Å². The first-order valence-electron chi connectivity index (χ1n) is 5.51. The normalized spacial score (nSPS) is 14.7. The Morgan fingerprint density at radius 3 is 2.75 bits per heavy atom. The van der Waals surface area contributed by atoms with E-state index in [4.69, 9.17) is 15.9 Å². The predicted octanol–water partition coefficient (Wildman–Crippen LogP) is -0.684. The zero-order valence-electron chi connectivity index (χ0n) is 9.69. The molecule has 6 heteroatoms. The Morgan fingerprint density at radius 1 is 1.56 bits per heavy atom. The van der Waals surface area contributed by atoms with E-state index < -0.39 is 6.10 Å². The van der Waals surface area contributed by atoms with Gasteiger partial charge in [0.2, 0.25) is 5.91 Å². The quantitative estimate of drug-likeness (QED) is 0.385. The van der Waals surface area contributed by atoms with Crippen LogP contribution in [0.1, 0.15) is 19.8 Å². The molecule has 5 nitrogen and oxygen atoms in total. The first-order valence-corrected chi connectivity index (χ1v) is 6.66. The van der Waals surface area contributed by atoms with Crippen molar-refractivity contribution in [3.05, 3.63) is 0 Å². The molecule has 0 heterocycles. The van der Waals surface area contributed by atoms with Crippen molar-refractivity contribution in [2.75, 3.05) is 24.7 Å². The zero-order valence-corrected chi connectivity index (χ0v) is 10.5. The molecule has 2 unspecified atom stereocenters. The topological polar surface area (TPSA) is 95.6 Å². The number of aliphatic hydroxyl groups excluding tert-OH is 2. The molecule has 0 saturated heterocycles. The summed E-state index contributed by atoms with van der Waals surface area (Å²) in [7, 11) is 0. The molecule has 0 rings (SSSR count). The average Bonchev–Trinajstić information content (AvgIpc) is 2.27. The molecule has 0 aromatic carbocycles. The van der Waals surface area contributed by atoms with Gasteiger partial charge in [-0.25, -0.2) is 0 Å². The van der Waals surface area contributed by atoms with Crippen LogP contribution in [0, 0.1) is 0 Å². The number of primary amides is 1. The number of hydrogen-bond acceptors (Lipinski definition) is 5. The van der Waals surface area contributed by atoms with Gasteiger partial charge in [-0.1, -0.05) is 6.92 Å². The predicted molar refractivity (Wildman–Crippen MR) is 66.3 cm³/mol. The molecule has 0 bridgehead atoms. The second-order valence-electron chi connectivity index (χ2n) is 3.61. The van der Waals surface area contributed by atoms with Crippen LogP contribution >= 0.6 is 11.8 Å². The fourth-order valence-corrected chi connectivity index (χ4v) is 2.08. The summed E-state index contributed by atoms with van der Waals surface area (Å²) in [6.45, 7) is 2.58. The molecular weight excluding hydrogens is 228 g/mol. The SMILES string of the molecule is CCCNC(CCSCC(O)CO)C(N)=O. The van der Waals surface area contributed by atoms with Crippen molar-refractivity contribution in [3.63, 3.8) is 0 Å². The summed E-state index contributed by atoms with van der Waals surface area (Å²) in [4.78, 5) is 11.1. The fraction of sp³-hybridized carbons (Fsp3) is 0.900. The van der Waals surface area contributed by atoms with Gasteiger partial charge in [0.15, 0.2) is 0 Å². The highest BCUT2D eigenvalue weighted by molar-refractivity contribution is 7.99. The highest BCUT2D eigenvalue weighted by atomic mass is 32.2. The molecule has 0 aliphatic heterocycles. The molecule has 16 heavy (non-hydrogen) atoms. The van der Waals surface area contributed by atoms with Crippen LogP contribution < -0.4 is 11.1 Å². The van der Waals surface area contributed by atoms with Crippen LogP contribution in [-0.2, 0) is 4.79 Å². The van der Waals surface area contributed by atoms with Gasteiger partial charge >= 0.3 is 0 Å². The van der Waals surface area contributed by atoms with E-state index in [0.717, 1.165) is 18.7 Å². The summed E-state index contributed by atoms with van der Waals surface area (Å²) >= 11 is 1.51. The summed E-state index contributed by atoms with van der Waals surface area (Å²) in [5.74, 6) is 0.883. The van der Waals surface area contributed by atoms with Crippen molar-refractivity contribution in [1.29, 1.82) is 0 Å². The number of amides is 1. The largest absolute Gasteiger partial charge is 0.394 e. The van der Waals surface area contributed by atoms with Crippen molar-refractivity contribution < 1.29 is 15.0 Å². The van der Waals surface area contributed by atoms with Crippen LogP contribution in [-0.4, -0.2) is 52.9 Å². The maximum atomic E-state index is 11.1. The number of rotatable bonds is 10. The van der Waals surface area contributed by atoms with Crippen LogP contribution in [0.4, 0.5) is 0 Å². The van der Waals surface area contributed by atoms with Crippen molar-refractivity contribution >= 4 is 17.7 Å². The lowest BCUT2D eigenvalue weighted by Crippen LogP contribution is -2.42. The zero-order chi connectivity index (χ0) is 12.4. The third kappa shape index (κ3) is 7.92. The number of carbonyl (C=O) groups excluding carboxylic acids is 1. The van der Waals surface area contributed by atoms with Gasteiger partial charge < -0.3 is 21.3 Å². The summed E-state index contributed by atoms with van der Waals surface area (Å²) in [5.41, 5.74) is 5.25. The second-order valence-corrected chi connectivity index (χ2v) is 4.76. The minimum atomic E-state index is -0.680. The minimum absolute atomic E-state index is 0.222. The van der Waals surface area contributed by atoms with E-state index in [2.05, 4.69) is 5.32 Å². The molecule has 0 fully saturated rings. The van der Waals surface area contributed by atoms with E-state index in [1.807, 2.05) is 6.92 Å². The number of carbonyl (C=O) groups is 1. The number of nitrogens with one attached hydrogen (secondary N) is 1. The summed E-state index contributed by atoms with van der Waals surface area (Å²) in [6, 6.07) is -0.293. The molecule has 0 aromatic heterocycles. The molecule has 0 aliphatic rings. The second kappa shape index (κ2) is 9.89. The van der Waals surface area contributed by atoms with E-state index >= 15 is 0 Å². The molecule has 0 aromatic rings. The minimum Gasteiger partial charge on any atom is -0.394 e. The first kappa shape index (κ1) is 15.7. The number of nitrogens with two attached hydrogens (primary N) is 1. The van der Waals surface area contributed by atoms with Gasteiger partial charge in [0, 0.05) is 5.75 Å². The highest BCUT2D eigenvalue weighted by Crippen LogP contribution is 2.07. The lowest BCUT2D eigenvalue weighted by atomic mass is 10.2. The smallest absolute Gasteiger partial charge is 0.234 e. The molecular formula is C10H22N2O3S. The molecule has 0 saturated carbocycles. The van der Waals surface area contributed by atoms with Gasteiger partial charge in [-0.2, -0.15) is 11.8 Å². The van der Waals surface area contributed by atoms with Crippen LogP contribution in [0.2, 0.25) is 0 Å². The van der Waals surface area contributed by atoms with Crippen molar-refractivity contribution in [2.24, 2.45) is 5.73 Å². The van der Waals surface area contributed by atoms with E-state index in [1.165, 1.54) is 11.8 Å². The van der Waals surface area contributed by atoms with Crippen LogP contribution in [0.3, 0.4) is 0 Å². The van der Waals surface area contributed by atoms with E-state index in [-0.39, 0.29) is 18.6 Å². The van der Waals surface area contributed by atoms with Gasteiger partial charge in [-0.05, 0) is 25.1 Å². The van der Waals surface area contributed by atoms with E-state index in [1.54, 1.807) is 0 Å². The molecule has 1 amide bonds. The Kier molecular flexibility index (Phi) is 9.71. The molecule has 0 radical (unpaired) electrons. The number of hydrogen-bond donors (Lipinski definition) is 4. The Morgan fingerprint density at radius 2 is 2.25 bits per heavy atom. The Labute approximate surface area is 101 Å². The maximum Gasteiger partial charge on any atom is 0.234 e. The fourth-order valence-electron chi connectivity index (χ4n) is 1.14. The first-order chi connectivity index (χ1) is 7.61. The number of thioether (sulfide) groups is 1. The van der Waals surface area contributed by atoms with Gasteiger partial charge in [0.05, 0.1) is 18.8 Å². The molecule has 0 aliphatic carbocycles. The van der Waals surface area contributed by atoms with Crippen molar-refractivity contribution in [3.8, 4) is 0 Å². The summed E-state index contributed by atoms with van der Waals surface area (Å²) in [6.07, 6.45) is 0.929. The van der Waals surface area contributed by atoms with Gasteiger partial charge in [0.25, 0.3) is 0 Å². The highest BCUT2D eigenvalue weighted by Gasteiger charge is 2.13. The summed E-state index contributed by atoms with van der Waals surface area (Å²) in [5, 5.41) is 20.8. The molecule has 96 valence electrons. The lowest BCUT2D eigenvalue weighted by Gasteiger charge is -2.14. The third-order valence-corrected chi connectivity index (χ3v) is 3.20. The van der Waals surface area contributed by atoms with Crippen LogP contribution in [0.5, 0.6) is 0 Å². The lowest BCUT2D eigenvalue weighted by molar-refractivity contribution is -0.120. The molecule has 5 N–H and O–H groups in total. The van der Waals surface area contributed by atoms with Crippen LogP contribution in [0.15, 0.2) is 0 Å². The monoisotopic (exact) mass is 250 g/mol. The van der Waals surface area contributed by atoms with E-state index in [9.17, 15) is 4.79 Å². The molecule has 0 spiro atoms. The van der Waals surface area contributed by atoms with E-state index in [0.29, 0.717) is 12.2 Å². The Balaban J connectivity index is 3.64. The Bertz CT molecular complexity index is 193. The van der Waals surface area contributed by atoms with Gasteiger partial charge in [-0.15, -0.1) is 0 Å². The average molecular weight is 250 g/mol. The number of aliphatic hydroxyl groups is 2. The van der Waals surface area contributed by atoms with Crippen molar-refractivity contribution in [2.45, 2.75) is 31.9 Å². The van der Waals surface area contributed by atoms with Gasteiger partial charge in [0.1, 0.15) is 0 Å². The third-order valence-electron chi connectivity index (χ3n) is 2.06. The molecule has 2 atom stereocenters. The Hall–Kier alpha value is -0.300. The van der Waals surface area contributed by atoms with Crippen molar-refractivity contribution in [1.82, 2.24) is 5.32 Å². The standard InChI is InChI=1S/C10H22N2O3S/c1-2-4-12-9(10(11)15)3-5-16-7-8(14)6-13/h8-9,12-14H,2-7H2,1H3,(H2,11,15). The van der Waals surface area contributed by atoms with Gasteiger partial charge in [-0.3, -0.25) is 4.79 Å². The maximum absolute atomic E-state index is 11.1.